The maximum Gasteiger partial charge on any atom is 0.275 e. The first-order valence-corrected chi connectivity index (χ1v) is 8.97. The molecular weight excluding hydrogens is 387 g/mol. The molecule has 0 saturated heterocycles. The highest BCUT2D eigenvalue weighted by atomic mass is 79.9. The predicted octanol–water partition coefficient (Wildman–Crippen LogP) is 2.58. The van der Waals surface area contributed by atoms with Crippen LogP contribution < -0.4 is 15.4 Å². The number of quaternary nitrogens is 1. The number of methoxy groups -OCH3 is 1. The van der Waals surface area contributed by atoms with Crippen LogP contribution in [-0.4, -0.2) is 26.1 Å². The Hall–Kier alpha value is -1.92. The van der Waals surface area contributed by atoms with E-state index in [-0.39, 0.29) is 17.8 Å². The Balaban J connectivity index is 1.75. The first-order valence-electron chi connectivity index (χ1n) is 8.18. The van der Waals surface area contributed by atoms with Gasteiger partial charge in [-0.15, -0.1) is 0 Å². The molecule has 0 fully saturated rings. The lowest BCUT2D eigenvalue weighted by Crippen LogP contribution is -2.87. The van der Waals surface area contributed by atoms with Gasteiger partial charge in [0, 0.05) is 12.1 Å². The zero-order valence-electron chi connectivity index (χ0n) is 14.4. The maximum absolute atomic E-state index is 13.5. The summed E-state index contributed by atoms with van der Waals surface area (Å²) in [6, 6.07) is 12.6. The van der Waals surface area contributed by atoms with Crippen molar-refractivity contribution in [2.45, 2.75) is 19.4 Å². The zero-order chi connectivity index (χ0) is 18.2. The number of carbonyl (C=O) groups is 1. The fraction of sp³-hybridized carbons (Fsp3) is 0.316. The molecule has 4 nitrogen and oxygen atoms in total. The van der Waals surface area contributed by atoms with E-state index in [9.17, 15) is 9.18 Å². The highest BCUT2D eigenvalue weighted by molar-refractivity contribution is 9.10. The van der Waals surface area contributed by atoms with Gasteiger partial charge in [0.05, 0.1) is 11.6 Å². The molecule has 0 aromatic heterocycles. The fourth-order valence-electron chi connectivity index (χ4n) is 2.50. The summed E-state index contributed by atoms with van der Waals surface area (Å²) in [5.41, 5.74) is 1.72. The third kappa shape index (κ3) is 5.83. The van der Waals surface area contributed by atoms with Crippen LogP contribution in [0.5, 0.6) is 5.75 Å². The van der Waals surface area contributed by atoms with Crippen molar-refractivity contribution in [3.63, 3.8) is 0 Å². The summed E-state index contributed by atoms with van der Waals surface area (Å²) in [5, 5.41) is 4.79. The molecule has 3 N–H and O–H groups in total. The van der Waals surface area contributed by atoms with Gasteiger partial charge in [0.25, 0.3) is 5.91 Å². The van der Waals surface area contributed by atoms with Gasteiger partial charge in [-0.2, -0.15) is 0 Å². The molecule has 0 bridgehead atoms. The van der Waals surface area contributed by atoms with Gasteiger partial charge in [-0.25, -0.2) is 4.39 Å². The normalized spacial score (nSPS) is 11.8. The lowest BCUT2D eigenvalue weighted by Gasteiger charge is -2.13. The average molecular weight is 410 g/mol. The van der Waals surface area contributed by atoms with Gasteiger partial charge in [-0.3, -0.25) is 4.79 Å². The van der Waals surface area contributed by atoms with Gasteiger partial charge >= 0.3 is 0 Å². The van der Waals surface area contributed by atoms with Crippen molar-refractivity contribution in [2.24, 2.45) is 0 Å². The highest BCUT2D eigenvalue weighted by Gasteiger charge is 2.13. The van der Waals surface area contributed by atoms with Crippen molar-refractivity contribution in [2.75, 3.05) is 20.2 Å². The third-order valence-corrected chi connectivity index (χ3v) is 4.65. The Morgan fingerprint density at radius 3 is 2.76 bits per heavy atom. The molecule has 0 heterocycles. The van der Waals surface area contributed by atoms with Crippen LogP contribution in [0, 0.1) is 5.82 Å². The molecule has 2 rings (SSSR count). The van der Waals surface area contributed by atoms with Gasteiger partial charge in [0.2, 0.25) is 0 Å². The molecule has 0 aliphatic rings. The van der Waals surface area contributed by atoms with Crippen molar-refractivity contribution in [1.82, 2.24) is 5.32 Å². The van der Waals surface area contributed by atoms with Crippen molar-refractivity contribution < 1.29 is 19.2 Å². The second-order valence-electron chi connectivity index (χ2n) is 5.81. The fourth-order valence-corrected chi connectivity index (χ4v) is 3.05. The van der Waals surface area contributed by atoms with E-state index in [2.05, 4.69) is 21.2 Å². The quantitative estimate of drug-likeness (QED) is 0.703. The van der Waals surface area contributed by atoms with Crippen molar-refractivity contribution in [1.29, 1.82) is 0 Å². The Morgan fingerprint density at radius 2 is 2.08 bits per heavy atom. The molecule has 25 heavy (non-hydrogen) atoms. The van der Waals surface area contributed by atoms with Gasteiger partial charge in [0.1, 0.15) is 17.6 Å². The van der Waals surface area contributed by atoms with Crippen LogP contribution in [0.1, 0.15) is 24.1 Å². The SMILES string of the molecule is COc1ccc([C@@H](C)[NH2+]CC(=O)NCCc2ccccc2F)cc1Br. The summed E-state index contributed by atoms with van der Waals surface area (Å²) in [6.45, 7) is 2.79. The van der Waals surface area contributed by atoms with Crippen LogP contribution in [0.25, 0.3) is 0 Å². The summed E-state index contributed by atoms with van der Waals surface area (Å²) in [5.74, 6) is 0.486. The summed E-state index contributed by atoms with van der Waals surface area (Å²) in [6.07, 6.45) is 0.486. The molecule has 2 aromatic carbocycles. The molecule has 0 spiro atoms. The molecular formula is C19H23BrFN2O2+. The minimum atomic E-state index is -0.234. The zero-order valence-corrected chi connectivity index (χ0v) is 16.0. The van der Waals surface area contributed by atoms with E-state index in [1.807, 2.05) is 30.4 Å². The number of ether oxygens (including phenoxy) is 1. The Bertz CT molecular complexity index is 724. The van der Waals surface area contributed by atoms with E-state index in [1.165, 1.54) is 6.07 Å². The minimum Gasteiger partial charge on any atom is -0.496 e. The number of halogens is 2. The minimum absolute atomic E-state index is 0.0595. The number of hydrogen-bond donors (Lipinski definition) is 2. The molecule has 0 radical (unpaired) electrons. The topological polar surface area (TPSA) is 54.9 Å². The molecule has 0 unspecified atom stereocenters. The van der Waals surface area contributed by atoms with Gasteiger partial charge in [-0.1, -0.05) is 18.2 Å². The second-order valence-corrected chi connectivity index (χ2v) is 6.67. The van der Waals surface area contributed by atoms with Crippen molar-refractivity contribution >= 4 is 21.8 Å². The predicted molar refractivity (Wildman–Crippen MR) is 99.0 cm³/mol. The van der Waals surface area contributed by atoms with Crippen LogP contribution in [-0.2, 0) is 11.2 Å². The molecule has 2 aromatic rings. The number of hydrogen-bond acceptors (Lipinski definition) is 2. The van der Waals surface area contributed by atoms with Gasteiger partial charge in [-0.05, 0) is 59.1 Å². The molecule has 6 heteroatoms. The van der Waals surface area contributed by atoms with E-state index in [0.29, 0.717) is 25.1 Å². The van der Waals surface area contributed by atoms with Crippen molar-refractivity contribution in [3.8, 4) is 5.75 Å². The summed E-state index contributed by atoms with van der Waals surface area (Å²) in [4.78, 5) is 12.0. The van der Waals surface area contributed by atoms with E-state index >= 15 is 0 Å². The number of rotatable bonds is 8. The molecule has 134 valence electrons. The highest BCUT2D eigenvalue weighted by Crippen LogP contribution is 2.27. The van der Waals surface area contributed by atoms with Crippen LogP contribution in [0.15, 0.2) is 46.9 Å². The monoisotopic (exact) mass is 409 g/mol. The molecule has 1 amide bonds. The largest absolute Gasteiger partial charge is 0.496 e. The number of benzene rings is 2. The Kier molecular flexibility index (Phi) is 7.40. The summed E-state index contributed by atoms with van der Waals surface area (Å²) >= 11 is 3.47. The molecule has 0 aliphatic heterocycles. The smallest absolute Gasteiger partial charge is 0.275 e. The van der Waals surface area contributed by atoms with Crippen molar-refractivity contribution in [3.05, 3.63) is 63.9 Å². The van der Waals surface area contributed by atoms with E-state index in [0.717, 1.165) is 15.8 Å². The lowest BCUT2D eigenvalue weighted by molar-refractivity contribution is -0.682. The van der Waals surface area contributed by atoms with Crippen LogP contribution in [0.3, 0.4) is 0 Å². The van der Waals surface area contributed by atoms with Crippen LogP contribution >= 0.6 is 15.9 Å². The average Bonchev–Trinajstić information content (AvgIpc) is 2.61. The standard InChI is InChI=1S/C19H22BrFN2O2/c1-13(15-7-8-18(25-2)16(20)11-15)23-12-19(24)22-10-9-14-5-3-4-6-17(14)21/h3-8,11,13,23H,9-10,12H2,1-2H3,(H,22,24)/p+1/t13-/m1/s1. The van der Waals surface area contributed by atoms with Gasteiger partial charge < -0.3 is 15.4 Å². The number of nitrogens with two attached hydrogens (primary N) is 1. The molecule has 0 aliphatic carbocycles. The maximum atomic E-state index is 13.5. The summed E-state index contributed by atoms with van der Waals surface area (Å²) in [7, 11) is 1.63. The van der Waals surface area contributed by atoms with E-state index < -0.39 is 0 Å². The summed E-state index contributed by atoms with van der Waals surface area (Å²) < 4.78 is 19.6. The number of amides is 1. The van der Waals surface area contributed by atoms with Gasteiger partial charge in [0.15, 0.2) is 6.54 Å². The first kappa shape index (κ1) is 19.4. The third-order valence-electron chi connectivity index (χ3n) is 4.03. The van der Waals surface area contributed by atoms with Crippen LogP contribution in [0.2, 0.25) is 0 Å². The Labute approximate surface area is 155 Å². The first-order chi connectivity index (χ1) is 12.0. The molecule has 1 atom stereocenters. The van der Waals surface area contributed by atoms with Crippen LogP contribution in [0.4, 0.5) is 4.39 Å². The number of carbonyl (C=O) groups excluding carboxylic acids is 1. The second kappa shape index (κ2) is 9.53. The lowest BCUT2D eigenvalue weighted by atomic mass is 10.1. The van der Waals surface area contributed by atoms with E-state index in [4.69, 9.17) is 4.74 Å². The molecule has 0 saturated carbocycles. The Morgan fingerprint density at radius 1 is 1.32 bits per heavy atom. The number of nitrogens with one attached hydrogen (secondary N) is 1. The van der Waals surface area contributed by atoms with E-state index in [1.54, 1.807) is 25.3 Å².